The van der Waals surface area contributed by atoms with E-state index >= 15 is 0 Å². The molecule has 0 saturated carbocycles. The molecule has 0 aliphatic rings. The van der Waals surface area contributed by atoms with Crippen LogP contribution in [0.1, 0.15) is 6.92 Å². The Labute approximate surface area is 91.4 Å². The summed E-state index contributed by atoms with van der Waals surface area (Å²) in [6.07, 6.45) is 0.894. The number of hydrogen-bond donors (Lipinski definition) is 0. The van der Waals surface area contributed by atoms with Crippen LogP contribution in [0.3, 0.4) is 0 Å². The van der Waals surface area contributed by atoms with Gasteiger partial charge in [0.2, 0.25) is 0 Å². The molecular weight excluding hydrogens is 206 g/mol. The van der Waals surface area contributed by atoms with Crippen molar-refractivity contribution < 1.29 is 31.4 Å². The molecule has 0 aliphatic carbocycles. The summed E-state index contributed by atoms with van der Waals surface area (Å²) in [7, 11) is 5.67. The highest BCUT2D eigenvalue weighted by atomic mass is 35.5. The lowest BCUT2D eigenvalue weighted by Crippen LogP contribution is -3.00. The maximum Gasteiger partial charge on any atom is 0.330 e. The van der Waals surface area contributed by atoms with Gasteiger partial charge < -0.3 is 17.1 Å². The van der Waals surface area contributed by atoms with E-state index in [9.17, 15) is 4.79 Å². The lowest BCUT2D eigenvalue weighted by Gasteiger charge is -2.23. The summed E-state index contributed by atoms with van der Waals surface area (Å²) in [6.45, 7) is 5.46. The van der Waals surface area contributed by atoms with Crippen molar-refractivity contribution in [2.75, 3.05) is 27.7 Å². The second kappa shape index (κ2) is 6.81. The van der Waals surface area contributed by atoms with Crippen LogP contribution in [-0.4, -0.2) is 44.5 Å². The minimum absolute atomic E-state index is 0. The molecule has 84 valence electrons. The van der Waals surface area contributed by atoms with Crippen LogP contribution in [0.25, 0.3) is 0 Å². The largest absolute Gasteiger partial charge is 1.00 e. The number of nitrogens with zero attached hydrogens (tertiary/aromatic N) is 1. The molecular formula is C9H18ClNO3. The van der Waals surface area contributed by atoms with Crippen LogP contribution in [0.4, 0.5) is 0 Å². The maximum atomic E-state index is 10.7. The summed E-state index contributed by atoms with van der Waals surface area (Å²) >= 11 is 0. The van der Waals surface area contributed by atoms with Gasteiger partial charge in [0.1, 0.15) is 12.7 Å². The normalized spacial score (nSPS) is 12.6. The van der Waals surface area contributed by atoms with Crippen LogP contribution in [0.15, 0.2) is 12.7 Å². The van der Waals surface area contributed by atoms with Crippen molar-refractivity contribution in [1.29, 1.82) is 0 Å². The first-order valence-electron chi connectivity index (χ1n) is 4.14. The maximum absolute atomic E-state index is 10.7. The van der Waals surface area contributed by atoms with Gasteiger partial charge in [0.25, 0.3) is 0 Å². The van der Waals surface area contributed by atoms with Gasteiger partial charge in [0, 0.05) is 6.08 Å². The molecule has 0 aliphatic heterocycles. The van der Waals surface area contributed by atoms with Gasteiger partial charge >= 0.3 is 5.97 Å². The lowest BCUT2D eigenvalue weighted by atomic mass is 10.4. The van der Waals surface area contributed by atoms with Gasteiger partial charge in [-0.3, -0.25) is 0 Å². The van der Waals surface area contributed by atoms with E-state index in [0.717, 1.165) is 6.08 Å². The summed E-state index contributed by atoms with van der Waals surface area (Å²) in [4.78, 5) is 16.1. The van der Waals surface area contributed by atoms with E-state index < -0.39 is 5.97 Å². The summed E-state index contributed by atoms with van der Waals surface area (Å²) in [5.41, 5.74) is 0. The Hall–Kier alpha value is -0.580. The minimum atomic E-state index is -0.419. The molecule has 0 aromatic heterocycles. The fourth-order valence-corrected chi connectivity index (χ4v) is 0.609. The number of carbonyl (C=O) groups is 1. The van der Waals surface area contributed by atoms with E-state index in [0.29, 0.717) is 11.3 Å². The Kier molecular flexibility index (Phi) is 7.72. The lowest BCUT2D eigenvalue weighted by molar-refractivity contribution is -1.06. The van der Waals surface area contributed by atoms with Crippen molar-refractivity contribution in [3.8, 4) is 0 Å². The number of carbonyl (C=O) groups excluding carboxylic acids is 1. The average molecular weight is 224 g/mol. The van der Waals surface area contributed by atoms with E-state index in [1.54, 1.807) is 6.92 Å². The van der Waals surface area contributed by atoms with Crippen molar-refractivity contribution in [2.24, 2.45) is 0 Å². The smallest absolute Gasteiger partial charge is 0.330 e. The second-order valence-corrected chi connectivity index (χ2v) is 3.64. The van der Waals surface area contributed by atoms with Crippen molar-refractivity contribution in [3.63, 3.8) is 0 Å². The molecule has 4 nitrogen and oxygen atoms in total. The summed E-state index contributed by atoms with van der Waals surface area (Å²) < 4.78 is 5.29. The molecule has 0 rings (SSSR count). The number of rotatable bonds is 5. The number of halogens is 1. The number of esters is 1. The van der Waals surface area contributed by atoms with Gasteiger partial charge in [-0.2, -0.15) is 9.48 Å². The molecule has 0 N–H and O–H groups in total. The summed E-state index contributed by atoms with van der Waals surface area (Å²) in [5, 5.41) is 0. The summed E-state index contributed by atoms with van der Waals surface area (Å²) in [5.74, 6) is -0.419. The Morgan fingerprint density at radius 2 is 2.00 bits per heavy atom. The Morgan fingerprint density at radius 3 is 2.36 bits per heavy atom. The van der Waals surface area contributed by atoms with Crippen LogP contribution in [0.2, 0.25) is 0 Å². The molecule has 0 spiro atoms. The number of hydrogen-bond acceptors (Lipinski definition) is 3. The zero-order valence-corrected chi connectivity index (χ0v) is 9.87. The van der Waals surface area contributed by atoms with Crippen LogP contribution in [0.5, 0.6) is 0 Å². The average Bonchev–Trinajstić information content (AvgIpc) is 1.99. The van der Waals surface area contributed by atoms with Gasteiger partial charge in [-0.25, -0.2) is 4.79 Å². The van der Waals surface area contributed by atoms with Crippen molar-refractivity contribution in [1.82, 2.24) is 0 Å². The molecule has 0 heterocycles. The van der Waals surface area contributed by atoms with Gasteiger partial charge in [0.15, 0.2) is 0 Å². The molecule has 14 heavy (non-hydrogen) atoms. The molecule has 1 unspecified atom stereocenters. The first-order valence-corrected chi connectivity index (χ1v) is 4.14. The Bertz CT molecular complexity index is 189. The zero-order valence-electron chi connectivity index (χ0n) is 9.12. The number of quaternary nitrogens is 1. The third-order valence-electron chi connectivity index (χ3n) is 1.18. The van der Waals surface area contributed by atoms with Crippen LogP contribution in [-0.2, 0) is 14.4 Å². The topological polar surface area (TPSA) is 35.5 Å². The highest BCUT2D eigenvalue weighted by molar-refractivity contribution is 5.81. The van der Waals surface area contributed by atoms with E-state index in [1.165, 1.54) is 0 Å². The zero-order chi connectivity index (χ0) is 10.5. The molecule has 0 bridgehead atoms. The number of ether oxygens (including phenoxy) is 1. The first kappa shape index (κ1) is 15.9. The monoisotopic (exact) mass is 223 g/mol. The van der Waals surface area contributed by atoms with Crippen molar-refractivity contribution in [2.45, 2.75) is 13.0 Å². The minimum Gasteiger partial charge on any atom is -1.00 e. The van der Waals surface area contributed by atoms with E-state index in [2.05, 4.69) is 6.58 Å². The second-order valence-electron chi connectivity index (χ2n) is 3.64. The Morgan fingerprint density at radius 1 is 1.50 bits per heavy atom. The highest BCUT2D eigenvalue weighted by Gasteiger charge is 2.13. The van der Waals surface area contributed by atoms with E-state index in [1.807, 2.05) is 21.1 Å². The standard InChI is InChI=1S/C9H18NO3.ClH/c1-6-9(11)13-8(2)7-12-10(3,4)5;/h6,8H,1,7H2,2-5H3;1H/q+1;/p-1. The molecule has 0 saturated heterocycles. The van der Waals surface area contributed by atoms with Gasteiger partial charge in [0.05, 0.1) is 21.1 Å². The predicted octanol–water partition coefficient (Wildman–Crippen LogP) is -2.25. The van der Waals surface area contributed by atoms with Gasteiger partial charge in [-0.15, -0.1) is 0 Å². The summed E-state index contributed by atoms with van der Waals surface area (Å²) in [6, 6.07) is 0. The first-order chi connectivity index (χ1) is 5.85. The van der Waals surface area contributed by atoms with E-state index in [-0.39, 0.29) is 18.5 Å². The van der Waals surface area contributed by atoms with Crippen LogP contribution >= 0.6 is 0 Å². The van der Waals surface area contributed by atoms with Crippen molar-refractivity contribution >= 4 is 5.97 Å². The van der Waals surface area contributed by atoms with Gasteiger partial charge in [-0.05, 0) is 6.92 Å². The third kappa shape index (κ3) is 9.51. The molecule has 0 aromatic carbocycles. The van der Waals surface area contributed by atoms with E-state index in [4.69, 9.17) is 9.57 Å². The molecule has 1 atom stereocenters. The fraction of sp³-hybridized carbons (Fsp3) is 0.667. The van der Waals surface area contributed by atoms with Gasteiger partial charge in [-0.1, -0.05) is 6.58 Å². The van der Waals surface area contributed by atoms with Crippen LogP contribution < -0.4 is 12.4 Å². The molecule has 0 amide bonds. The number of hydroxylamine groups is 3. The fourth-order valence-electron chi connectivity index (χ4n) is 0.609. The molecule has 0 fully saturated rings. The molecule has 0 aromatic rings. The predicted molar refractivity (Wildman–Crippen MR) is 49.7 cm³/mol. The third-order valence-corrected chi connectivity index (χ3v) is 1.18. The van der Waals surface area contributed by atoms with Crippen LogP contribution in [0, 0.1) is 0 Å². The molecule has 5 heteroatoms. The van der Waals surface area contributed by atoms with Crippen molar-refractivity contribution in [3.05, 3.63) is 12.7 Å². The highest BCUT2D eigenvalue weighted by Crippen LogP contribution is 1.98. The molecule has 0 radical (unpaired) electrons. The quantitative estimate of drug-likeness (QED) is 0.229. The SMILES string of the molecule is C=CC(=O)OC(C)CO[N+](C)(C)C.[Cl-]. The Balaban J connectivity index is 0.